The molecule has 25 heavy (non-hydrogen) atoms. The Kier molecular flexibility index (Phi) is 5.33. The van der Waals surface area contributed by atoms with Crippen LogP contribution < -0.4 is 0 Å². The van der Waals surface area contributed by atoms with Crippen LogP contribution >= 0.6 is 11.3 Å². The maximum Gasteiger partial charge on any atom is 0.228 e. The van der Waals surface area contributed by atoms with Crippen LogP contribution in [0.1, 0.15) is 23.5 Å². The summed E-state index contributed by atoms with van der Waals surface area (Å²) in [6.07, 6.45) is 1.91. The third-order valence-electron chi connectivity index (χ3n) is 5.09. The van der Waals surface area contributed by atoms with Crippen molar-refractivity contribution in [3.05, 3.63) is 16.1 Å². The third kappa shape index (κ3) is 4.20. The van der Waals surface area contributed by atoms with E-state index >= 15 is 0 Å². The lowest BCUT2D eigenvalue weighted by Crippen LogP contribution is -2.47. The quantitative estimate of drug-likeness (QED) is 0.787. The van der Waals surface area contributed by atoms with Gasteiger partial charge in [0.25, 0.3) is 0 Å². The summed E-state index contributed by atoms with van der Waals surface area (Å²) in [6, 6.07) is 0. The number of likely N-dealkylation sites (tertiary alicyclic amines) is 1. The number of ether oxygens (including phenoxy) is 3. The molecule has 7 nitrogen and oxygen atoms in total. The zero-order valence-corrected chi connectivity index (χ0v) is 15.3. The topological polar surface area (TPSA) is 64.1 Å². The second kappa shape index (κ2) is 7.67. The average molecular weight is 367 g/mol. The number of carbonyl (C=O) groups excluding carboxylic acids is 1. The highest BCUT2D eigenvalue weighted by Crippen LogP contribution is 2.31. The van der Waals surface area contributed by atoms with Gasteiger partial charge >= 0.3 is 0 Å². The first kappa shape index (κ1) is 17.4. The standard InChI is InChI=1S/C17H25N3O4S/c21-16(20-3-1-17(2-4-20)23-9-10-24-17)11-14-13-25-15(18-14)12-19-5-7-22-8-6-19/h13H,1-12H2. The fourth-order valence-corrected chi connectivity index (χ4v) is 4.44. The van der Waals surface area contributed by atoms with E-state index in [1.807, 2.05) is 10.3 Å². The fourth-order valence-electron chi connectivity index (χ4n) is 3.60. The minimum atomic E-state index is -0.428. The van der Waals surface area contributed by atoms with Crippen LogP contribution in [0, 0.1) is 0 Å². The molecule has 3 aliphatic heterocycles. The molecule has 0 unspecified atom stereocenters. The minimum absolute atomic E-state index is 0.149. The van der Waals surface area contributed by atoms with Gasteiger partial charge in [0.2, 0.25) is 5.91 Å². The molecule has 3 fully saturated rings. The summed E-state index contributed by atoms with van der Waals surface area (Å²) < 4.78 is 16.8. The second-order valence-corrected chi connectivity index (χ2v) is 7.73. The molecule has 8 heteroatoms. The van der Waals surface area contributed by atoms with E-state index in [-0.39, 0.29) is 5.91 Å². The van der Waals surface area contributed by atoms with Crippen molar-refractivity contribution >= 4 is 17.2 Å². The van der Waals surface area contributed by atoms with Crippen molar-refractivity contribution < 1.29 is 19.0 Å². The summed E-state index contributed by atoms with van der Waals surface area (Å²) in [7, 11) is 0. The van der Waals surface area contributed by atoms with Crippen LogP contribution in [0.15, 0.2) is 5.38 Å². The van der Waals surface area contributed by atoms with Crippen molar-refractivity contribution in [1.29, 1.82) is 0 Å². The number of aromatic nitrogens is 1. The average Bonchev–Trinajstić information content (AvgIpc) is 3.26. The molecule has 0 bridgehead atoms. The molecule has 0 aromatic carbocycles. The van der Waals surface area contributed by atoms with Gasteiger partial charge in [0.05, 0.1) is 45.1 Å². The molecule has 138 valence electrons. The molecule has 1 spiro atoms. The van der Waals surface area contributed by atoms with Gasteiger partial charge in [-0.25, -0.2) is 4.98 Å². The van der Waals surface area contributed by atoms with Gasteiger partial charge in [-0.05, 0) is 0 Å². The smallest absolute Gasteiger partial charge is 0.228 e. The Morgan fingerprint density at radius 2 is 1.84 bits per heavy atom. The van der Waals surface area contributed by atoms with Crippen LogP contribution in [0.3, 0.4) is 0 Å². The van der Waals surface area contributed by atoms with Crippen molar-refractivity contribution in [3.63, 3.8) is 0 Å². The van der Waals surface area contributed by atoms with Crippen LogP contribution in [0.2, 0.25) is 0 Å². The molecule has 1 aromatic heterocycles. The SMILES string of the molecule is O=C(Cc1csc(CN2CCOCC2)n1)N1CCC2(CC1)OCCO2. The van der Waals surface area contributed by atoms with E-state index in [1.165, 1.54) is 0 Å². The lowest BCUT2D eigenvalue weighted by Gasteiger charge is -2.37. The molecule has 1 amide bonds. The Labute approximate surface area is 151 Å². The van der Waals surface area contributed by atoms with Gasteiger partial charge in [0.15, 0.2) is 5.79 Å². The third-order valence-corrected chi connectivity index (χ3v) is 5.97. The number of thiazole rings is 1. The van der Waals surface area contributed by atoms with Gasteiger partial charge in [-0.2, -0.15) is 0 Å². The molecular weight excluding hydrogens is 342 g/mol. The van der Waals surface area contributed by atoms with E-state index in [2.05, 4.69) is 9.88 Å². The van der Waals surface area contributed by atoms with E-state index in [4.69, 9.17) is 14.2 Å². The second-order valence-electron chi connectivity index (χ2n) is 6.79. The number of rotatable bonds is 4. The number of hydrogen-bond donors (Lipinski definition) is 0. The highest BCUT2D eigenvalue weighted by molar-refractivity contribution is 7.09. The van der Waals surface area contributed by atoms with Crippen molar-refractivity contribution in [1.82, 2.24) is 14.8 Å². The van der Waals surface area contributed by atoms with Crippen molar-refractivity contribution in [2.75, 3.05) is 52.6 Å². The normalized spacial score (nSPS) is 24.1. The van der Waals surface area contributed by atoms with Gasteiger partial charge in [-0.3, -0.25) is 9.69 Å². The molecule has 4 heterocycles. The summed E-state index contributed by atoms with van der Waals surface area (Å²) in [4.78, 5) is 21.5. The first-order valence-corrected chi connectivity index (χ1v) is 9.89. The molecule has 0 atom stereocenters. The predicted molar refractivity (Wildman–Crippen MR) is 92.4 cm³/mol. The van der Waals surface area contributed by atoms with E-state index in [1.54, 1.807) is 11.3 Å². The maximum absolute atomic E-state index is 12.6. The van der Waals surface area contributed by atoms with Crippen LogP contribution in [-0.4, -0.2) is 79.1 Å². The summed E-state index contributed by atoms with van der Waals surface area (Å²) in [6.45, 7) is 7.07. The highest BCUT2D eigenvalue weighted by atomic mass is 32.1. The highest BCUT2D eigenvalue weighted by Gasteiger charge is 2.40. The lowest BCUT2D eigenvalue weighted by molar-refractivity contribution is -0.187. The molecule has 3 aliphatic rings. The lowest BCUT2D eigenvalue weighted by atomic mass is 10.0. The summed E-state index contributed by atoms with van der Waals surface area (Å²) in [5.41, 5.74) is 0.881. The zero-order valence-electron chi connectivity index (χ0n) is 14.4. The number of piperidine rings is 1. The van der Waals surface area contributed by atoms with Crippen molar-refractivity contribution in [3.8, 4) is 0 Å². The summed E-state index contributed by atoms with van der Waals surface area (Å²) >= 11 is 1.64. The zero-order chi connectivity index (χ0) is 17.1. The molecule has 1 aromatic rings. The van der Waals surface area contributed by atoms with E-state index < -0.39 is 5.79 Å². The Morgan fingerprint density at radius 1 is 1.12 bits per heavy atom. The number of morpholine rings is 1. The number of nitrogens with zero attached hydrogens (tertiary/aromatic N) is 3. The molecular formula is C17H25N3O4S. The van der Waals surface area contributed by atoms with Gasteiger partial charge in [-0.15, -0.1) is 11.3 Å². The number of hydrogen-bond acceptors (Lipinski definition) is 7. The van der Waals surface area contributed by atoms with Crippen LogP contribution in [0.4, 0.5) is 0 Å². The minimum Gasteiger partial charge on any atom is -0.379 e. The Balaban J connectivity index is 1.26. The molecule has 3 saturated heterocycles. The largest absolute Gasteiger partial charge is 0.379 e. The van der Waals surface area contributed by atoms with Gasteiger partial charge in [-0.1, -0.05) is 0 Å². The molecule has 0 saturated carbocycles. The Bertz CT molecular complexity index is 586. The van der Waals surface area contributed by atoms with Gasteiger partial charge in [0.1, 0.15) is 5.01 Å². The van der Waals surface area contributed by atoms with Crippen LogP contribution in [0.25, 0.3) is 0 Å². The Morgan fingerprint density at radius 3 is 2.56 bits per heavy atom. The monoisotopic (exact) mass is 367 g/mol. The molecule has 0 aliphatic carbocycles. The van der Waals surface area contributed by atoms with E-state index in [0.29, 0.717) is 32.7 Å². The molecule has 4 rings (SSSR count). The first-order valence-electron chi connectivity index (χ1n) is 9.02. The van der Waals surface area contributed by atoms with Gasteiger partial charge in [0, 0.05) is 44.4 Å². The van der Waals surface area contributed by atoms with Crippen LogP contribution in [0.5, 0.6) is 0 Å². The Hall–Kier alpha value is -1.06. The van der Waals surface area contributed by atoms with Crippen molar-refractivity contribution in [2.45, 2.75) is 31.6 Å². The first-order chi connectivity index (χ1) is 12.2. The van der Waals surface area contributed by atoms with Gasteiger partial charge < -0.3 is 19.1 Å². The van der Waals surface area contributed by atoms with Crippen LogP contribution in [-0.2, 0) is 32.0 Å². The molecule has 0 radical (unpaired) electrons. The maximum atomic E-state index is 12.6. The predicted octanol–water partition coefficient (Wildman–Crippen LogP) is 0.883. The van der Waals surface area contributed by atoms with E-state index in [0.717, 1.165) is 56.4 Å². The van der Waals surface area contributed by atoms with E-state index in [9.17, 15) is 4.79 Å². The van der Waals surface area contributed by atoms with Crippen molar-refractivity contribution in [2.24, 2.45) is 0 Å². The summed E-state index contributed by atoms with van der Waals surface area (Å²) in [5, 5.41) is 3.09. The number of carbonyl (C=O) groups is 1. The molecule has 0 N–H and O–H groups in total. The summed E-state index contributed by atoms with van der Waals surface area (Å²) in [5.74, 6) is -0.279. The number of amides is 1. The fraction of sp³-hybridized carbons (Fsp3) is 0.765.